The van der Waals surface area contributed by atoms with Gasteiger partial charge in [-0.2, -0.15) is 0 Å². The molecule has 1 aromatic heterocycles. The number of pyridine rings is 1. The Balaban J connectivity index is 2.66. The topological polar surface area (TPSA) is 59.2 Å². The number of aromatic nitrogens is 1. The molecule has 0 saturated heterocycles. The van der Waals surface area contributed by atoms with Crippen LogP contribution in [0.4, 0.5) is 0 Å². The van der Waals surface area contributed by atoms with E-state index in [0.717, 1.165) is 10.9 Å². The Hall–Kier alpha value is -2.10. The molecule has 0 amide bonds. The van der Waals surface area contributed by atoms with Gasteiger partial charge in [-0.1, -0.05) is 12.1 Å². The van der Waals surface area contributed by atoms with Gasteiger partial charge in [-0.25, -0.2) is 4.79 Å². The SMILES string of the molecule is CCOC(=O)c1cc2c(C)cccc2c(=O)[nH]1. The van der Waals surface area contributed by atoms with Gasteiger partial charge in [0, 0.05) is 5.39 Å². The number of aryl methyl sites for hydroxylation is 1. The number of hydrogen-bond acceptors (Lipinski definition) is 3. The molecule has 2 rings (SSSR count). The van der Waals surface area contributed by atoms with Gasteiger partial charge in [-0.3, -0.25) is 4.79 Å². The molecule has 4 heteroatoms. The second kappa shape index (κ2) is 4.41. The predicted octanol–water partition coefficient (Wildman–Crippen LogP) is 2.01. The third-order valence-corrected chi connectivity index (χ3v) is 2.60. The van der Waals surface area contributed by atoms with Gasteiger partial charge in [0.15, 0.2) is 0 Å². The van der Waals surface area contributed by atoms with Gasteiger partial charge in [0.1, 0.15) is 5.69 Å². The molecular weight excluding hydrogens is 218 g/mol. The summed E-state index contributed by atoms with van der Waals surface area (Å²) in [6, 6.07) is 7.10. The first kappa shape index (κ1) is 11.4. The fourth-order valence-electron chi connectivity index (χ4n) is 1.76. The van der Waals surface area contributed by atoms with Gasteiger partial charge in [0.2, 0.25) is 0 Å². The Morgan fingerprint density at radius 2 is 2.12 bits per heavy atom. The summed E-state index contributed by atoms with van der Waals surface area (Å²) in [5.74, 6) is -0.505. The number of nitrogens with one attached hydrogen (secondary N) is 1. The Morgan fingerprint density at radius 3 is 2.82 bits per heavy atom. The zero-order chi connectivity index (χ0) is 12.4. The fourth-order valence-corrected chi connectivity index (χ4v) is 1.76. The van der Waals surface area contributed by atoms with Gasteiger partial charge < -0.3 is 9.72 Å². The van der Waals surface area contributed by atoms with Gasteiger partial charge in [0.25, 0.3) is 5.56 Å². The van der Waals surface area contributed by atoms with Crippen LogP contribution in [0.5, 0.6) is 0 Å². The van der Waals surface area contributed by atoms with Crippen molar-refractivity contribution in [2.24, 2.45) is 0 Å². The first-order valence-corrected chi connectivity index (χ1v) is 5.43. The van der Waals surface area contributed by atoms with E-state index in [1.165, 1.54) is 0 Å². The van der Waals surface area contributed by atoms with Crippen LogP contribution in [0.25, 0.3) is 10.8 Å². The number of benzene rings is 1. The van der Waals surface area contributed by atoms with Gasteiger partial charge in [-0.05, 0) is 36.9 Å². The highest BCUT2D eigenvalue weighted by atomic mass is 16.5. The van der Waals surface area contributed by atoms with Crippen molar-refractivity contribution in [2.45, 2.75) is 13.8 Å². The minimum atomic E-state index is -0.505. The lowest BCUT2D eigenvalue weighted by atomic mass is 10.1. The second-order valence-electron chi connectivity index (χ2n) is 3.77. The van der Waals surface area contributed by atoms with E-state index in [-0.39, 0.29) is 17.9 Å². The van der Waals surface area contributed by atoms with Crippen LogP contribution in [0.2, 0.25) is 0 Å². The second-order valence-corrected chi connectivity index (χ2v) is 3.77. The molecule has 0 radical (unpaired) electrons. The third kappa shape index (κ3) is 2.06. The molecule has 0 aliphatic carbocycles. The zero-order valence-electron chi connectivity index (χ0n) is 9.74. The molecule has 4 nitrogen and oxygen atoms in total. The number of rotatable bonds is 2. The van der Waals surface area contributed by atoms with E-state index < -0.39 is 5.97 Å². The number of esters is 1. The largest absolute Gasteiger partial charge is 0.461 e. The van der Waals surface area contributed by atoms with Crippen molar-refractivity contribution >= 4 is 16.7 Å². The molecule has 0 aliphatic rings. The van der Waals surface area contributed by atoms with E-state index in [0.29, 0.717) is 5.39 Å². The van der Waals surface area contributed by atoms with E-state index in [1.54, 1.807) is 19.1 Å². The molecule has 88 valence electrons. The number of aromatic amines is 1. The summed E-state index contributed by atoms with van der Waals surface area (Å²) >= 11 is 0. The number of fused-ring (bicyclic) bond motifs is 1. The highest BCUT2D eigenvalue weighted by molar-refractivity contribution is 5.94. The minimum absolute atomic E-state index is 0.193. The molecular formula is C13H13NO3. The molecule has 1 N–H and O–H groups in total. The van der Waals surface area contributed by atoms with E-state index in [9.17, 15) is 9.59 Å². The Bertz CT molecular complexity index is 628. The summed E-state index contributed by atoms with van der Waals surface area (Å²) in [6.07, 6.45) is 0. The Morgan fingerprint density at radius 1 is 1.35 bits per heavy atom. The maximum absolute atomic E-state index is 11.8. The molecule has 1 heterocycles. The molecule has 0 atom stereocenters. The lowest BCUT2D eigenvalue weighted by molar-refractivity contribution is 0.0519. The van der Waals surface area contributed by atoms with Crippen molar-refractivity contribution in [3.05, 3.63) is 45.9 Å². The summed E-state index contributed by atoms with van der Waals surface area (Å²) < 4.78 is 4.86. The average molecular weight is 231 g/mol. The highest BCUT2D eigenvalue weighted by Gasteiger charge is 2.10. The number of H-pyrrole nitrogens is 1. The third-order valence-electron chi connectivity index (χ3n) is 2.60. The van der Waals surface area contributed by atoms with Crippen molar-refractivity contribution in [3.63, 3.8) is 0 Å². The summed E-state index contributed by atoms with van der Waals surface area (Å²) in [5, 5.41) is 1.36. The number of carbonyl (C=O) groups is 1. The summed E-state index contributed by atoms with van der Waals surface area (Å²) in [6.45, 7) is 3.91. The number of hydrogen-bond donors (Lipinski definition) is 1. The molecule has 0 saturated carbocycles. The molecule has 0 fully saturated rings. The molecule has 1 aromatic carbocycles. The Kier molecular flexibility index (Phi) is 2.95. The minimum Gasteiger partial charge on any atom is -0.461 e. The van der Waals surface area contributed by atoms with Gasteiger partial charge in [-0.15, -0.1) is 0 Å². The van der Waals surface area contributed by atoms with E-state index in [1.807, 2.05) is 19.1 Å². The van der Waals surface area contributed by atoms with Crippen LogP contribution in [0.3, 0.4) is 0 Å². The first-order valence-electron chi connectivity index (χ1n) is 5.43. The summed E-state index contributed by atoms with van der Waals surface area (Å²) in [5.41, 5.74) is 0.882. The van der Waals surface area contributed by atoms with Crippen LogP contribution < -0.4 is 5.56 Å². The molecule has 0 aliphatic heterocycles. The normalized spacial score (nSPS) is 10.5. The van der Waals surface area contributed by atoms with Crippen molar-refractivity contribution in [1.29, 1.82) is 0 Å². The maximum atomic E-state index is 11.8. The zero-order valence-corrected chi connectivity index (χ0v) is 9.74. The molecule has 0 unspecified atom stereocenters. The smallest absolute Gasteiger partial charge is 0.354 e. The van der Waals surface area contributed by atoms with Crippen LogP contribution in [0, 0.1) is 6.92 Å². The van der Waals surface area contributed by atoms with Crippen LogP contribution in [-0.2, 0) is 4.74 Å². The Labute approximate surface area is 98.2 Å². The standard InChI is InChI=1S/C13H13NO3/c1-3-17-13(16)11-7-10-8(2)5-4-6-9(10)12(15)14-11/h4-7H,3H2,1-2H3,(H,14,15). The molecule has 17 heavy (non-hydrogen) atoms. The summed E-state index contributed by atoms with van der Waals surface area (Å²) in [7, 11) is 0. The van der Waals surface area contributed by atoms with Gasteiger partial charge in [0.05, 0.1) is 6.61 Å². The molecule has 0 spiro atoms. The van der Waals surface area contributed by atoms with Gasteiger partial charge >= 0.3 is 5.97 Å². The lowest BCUT2D eigenvalue weighted by Gasteiger charge is -2.05. The maximum Gasteiger partial charge on any atom is 0.354 e. The van der Waals surface area contributed by atoms with Crippen LogP contribution in [0.15, 0.2) is 29.1 Å². The average Bonchev–Trinajstić information content (AvgIpc) is 2.30. The van der Waals surface area contributed by atoms with Crippen molar-refractivity contribution in [2.75, 3.05) is 6.61 Å². The lowest BCUT2D eigenvalue weighted by Crippen LogP contribution is -2.15. The fraction of sp³-hybridized carbons (Fsp3) is 0.231. The first-order chi connectivity index (χ1) is 8.13. The number of ether oxygens (including phenoxy) is 1. The molecule has 2 aromatic rings. The van der Waals surface area contributed by atoms with Crippen molar-refractivity contribution in [3.8, 4) is 0 Å². The van der Waals surface area contributed by atoms with Crippen LogP contribution in [-0.4, -0.2) is 17.6 Å². The quantitative estimate of drug-likeness (QED) is 0.804. The van der Waals surface area contributed by atoms with E-state index in [2.05, 4.69) is 4.98 Å². The van der Waals surface area contributed by atoms with Crippen molar-refractivity contribution < 1.29 is 9.53 Å². The van der Waals surface area contributed by atoms with E-state index in [4.69, 9.17) is 4.74 Å². The van der Waals surface area contributed by atoms with Crippen LogP contribution in [0.1, 0.15) is 23.0 Å². The highest BCUT2D eigenvalue weighted by Crippen LogP contribution is 2.15. The molecule has 0 bridgehead atoms. The summed E-state index contributed by atoms with van der Waals surface area (Å²) in [4.78, 5) is 25.9. The van der Waals surface area contributed by atoms with E-state index >= 15 is 0 Å². The van der Waals surface area contributed by atoms with Crippen LogP contribution >= 0.6 is 0 Å². The predicted molar refractivity (Wildman–Crippen MR) is 65.3 cm³/mol. The van der Waals surface area contributed by atoms with Crippen molar-refractivity contribution in [1.82, 2.24) is 4.98 Å². The monoisotopic (exact) mass is 231 g/mol. The number of carbonyl (C=O) groups excluding carboxylic acids is 1.